The van der Waals surface area contributed by atoms with E-state index in [2.05, 4.69) is 0 Å². The lowest BCUT2D eigenvalue weighted by Gasteiger charge is -2.02. The van der Waals surface area contributed by atoms with Gasteiger partial charge in [0.05, 0.1) is 19.8 Å². The van der Waals surface area contributed by atoms with Crippen LogP contribution in [-0.4, -0.2) is 32.4 Å². The van der Waals surface area contributed by atoms with Crippen LogP contribution in [0.25, 0.3) is 0 Å². The molecule has 0 aromatic rings. The summed E-state index contributed by atoms with van der Waals surface area (Å²) in [5.74, 6) is 1.82. The fourth-order valence-electron chi connectivity index (χ4n) is 0.641. The maximum atomic E-state index is 10.0. The molecule has 70 valence electrons. The van der Waals surface area contributed by atoms with Crippen LogP contribution < -0.4 is 0 Å². The van der Waals surface area contributed by atoms with Crippen molar-refractivity contribution in [3.05, 3.63) is 5.57 Å². The normalized spacial score (nSPS) is 9.50. The van der Waals surface area contributed by atoms with E-state index in [1.165, 1.54) is 0 Å². The van der Waals surface area contributed by atoms with E-state index in [9.17, 15) is 4.79 Å². The second kappa shape index (κ2) is 8.47. The van der Waals surface area contributed by atoms with Gasteiger partial charge in [-0.25, -0.2) is 4.79 Å². The lowest BCUT2D eigenvalue weighted by Crippen LogP contribution is -2.05. The highest BCUT2D eigenvalue weighted by Crippen LogP contribution is 1.93. The zero-order valence-corrected chi connectivity index (χ0v) is 7.76. The molecule has 0 unspecified atom stereocenters. The third-order valence-corrected chi connectivity index (χ3v) is 1.37. The highest BCUT2D eigenvalue weighted by Gasteiger charge is 1.91. The fraction of sp³-hybridized carbons (Fsp3) is 0.778. The summed E-state index contributed by atoms with van der Waals surface area (Å²) in [5, 5.41) is 0. The zero-order chi connectivity index (χ0) is 9.23. The van der Waals surface area contributed by atoms with Gasteiger partial charge in [-0.3, -0.25) is 0 Å². The van der Waals surface area contributed by atoms with Gasteiger partial charge in [0.15, 0.2) is 0 Å². The van der Waals surface area contributed by atoms with E-state index in [1.54, 1.807) is 6.92 Å². The third kappa shape index (κ3) is 7.48. The Labute approximate surface area is 73.4 Å². The van der Waals surface area contributed by atoms with Crippen molar-refractivity contribution in [2.75, 3.05) is 26.4 Å². The standard InChI is InChI=1S/C9H16O3/c1-3-11-6-7-12-5-4-9(2)8-10/h3-7H2,1-2H3. The maximum absolute atomic E-state index is 10.0. The summed E-state index contributed by atoms with van der Waals surface area (Å²) in [6, 6.07) is 0. The van der Waals surface area contributed by atoms with Crippen LogP contribution in [-0.2, 0) is 14.3 Å². The molecule has 0 spiro atoms. The van der Waals surface area contributed by atoms with Crippen molar-refractivity contribution < 1.29 is 14.3 Å². The summed E-state index contributed by atoms with van der Waals surface area (Å²) in [6.45, 7) is 6.21. The number of carbonyl (C=O) groups excluding carboxylic acids is 1. The van der Waals surface area contributed by atoms with Crippen LogP contribution >= 0.6 is 0 Å². The van der Waals surface area contributed by atoms with Crippen molar-refractivity contribution >= 4 is 5.94 Å². The number of hydrogen-bond donors (Lipinski definition) is 0. The van der Waals surface area contributed by atoms with E-state index >= 15 is 0 Å². The molecule has 0 radical (unpaired) electrons. The monoisotopic (exact) mass is 172 g/mol. The molecule has 0 N–H and O–H groups in total. The first-order valence-electron chi connectivity index (χ1n) is 4.17. The van der Waals surface area contributed by atoms with Gasteiger partial charge in [0.2, 0.25) is 0 Å². The molecule has 12 heavy (non-hydrogen) atoms. The van der Waals surface area contributed by atoms with Gasteiger partial charge in [0.1, 0.15) is 5.94 Å². The van der Waals surface area contributed by atoms with Crippen LogP contribution in [0.2, 0.25) is 0 Å². The highest BCUT2D eigenvalue weighted by atomic mass is 16.5. The Morgan fingerprint density at radius 2 is 1.92 bits per heavy atom. The quantitative estimate of drug-likeness (QED) is 0.427. The zero-order valence-electron chi connectivity index (χ0n) is 7.76. The molecule has 0 aliphatic rings. The summed E-state index contributed by atoms with van der Waals surface area (Å²) >= 11 is 0. The maximum Gasteiger partial charge on any atom is 0.123 e. The van der Waals surface area contributed by atoms with E-state index < -0.39 is 0 Å². The van der Waals surface area contributed by atoms with Gasteiger partial charge in [-0.15, -0.1) is 0 Å². The molecule has 3 nitrogen and oxygen atoms in total. The molecule has 0 saturated heterocycles. The molecule has 0 heterocycles. The van der Waals surface area contributed by atoms with Crippen molar-refractivity contribution in [1.29, 1.82) is 0 Å². The van der Waals surface area contributed by atoms with E-state index in [4.69, 9.17) is 9.47 Å². The number of rotatable bonds is 7. The second-order valence-corrected chi connectivity index (χ2v) is 2.44. The number of hydrogen-bond acceptors (Lipinski definition) is 3. The van der Waals surface area contributed by atoms with Crippen molar-refractivity contribution in [3.8, 4) is 0 Å². The first kappa shape index (κ1) is 11.4. The fourth-order valence-corrected chi connectivity index (χ4v) is 0.641. The van der Waals surface area contributed by atoms with Crippen LogP contribution in [0.4, 0.5) is 0 Å². The molecule has 0 fully saturated rings. The van der Waals surface area contributed by atoms with Crippen LogP contribution in [0.15, 0.2) is 5.57 Å². The largest absolute Gasteiger partial charge is 0.379 e. The molecule has 0 aliphatic heterocycles. The summed E-state index contributed by atoms with van der Waals surface area (Å²) in [6.07, 6.45) is 0.662. The Kier molecular flexibility index (Phi) is 8.02. The minimum Gasteiger partial charge on any atom is -0.379 e. The van der Waals surface area contributed by atoms with Crippen LogP contribution in [0.1, 0.15) is 20.3 Å². The van der Waals surface area contributed by atoms with Crippen molar-refractivity contribution in [1.82, 2.24) is 0 Å². The predicted octanol–water partition coefficient (Wildman–Crippen LogP) is 1.21. The summed E-state index contributed by atoms with van der Waals surface area (Å²) in [7, 11) is 0. The molecular weight excluding hydrogens is 156 g/mol. The van der Waals surface area contributed by atoms with Crippen molar-refractivity contribution in [3.63, 3.8) is 0 Å². The van der Waals surface area contributed by atoms with E-state index in [1.807, 2.05) is 12.9 Å². The Balaban J connectivity index is 3.06. The molecule has 0 aromatic heterocycles. The minimum atomic E-state index is 0.578. The summed E-state index contributed by atoms with van der Waals surface area (Å²) in [5.41, 5.74) is 0.700. The molecule has 0 amide bonds. The average molecular weight is 172 g/mol. The Hall–Kier alpha value is -0.630. The molecule has 0 aliphatic carbocycles. The van der Waals surface area contributed by atoms with E-state index in [0.29, 0.717) is 31.8 Å². The first-order chi connectivity index (χ1) is 5.81. The van der Waals surface area contributed by atoms with Gasteiger partial charge < -0.3 is 9.47 Å². The molecule has 0 atom stereocenters. The van der Waals surface area contributed by atoms with Gasteiger partial charge in [0, 0.05) is 18.6 Å². The molecular formula is C9H16O3. The average Bonchev–Trinajstić information content (AvgIpc) is 2.10. The lowest BCUT2D eigenvalue weighted by molar-refractivity contribution is 0.0542. The Morgan fingerprint density at radius 3 is 2.50 bits per heavy atom. The third-order valence-electron chi connectivity index (χ3n) is 1.37. The van der Waals surface area contributed by atoms with E-state index in [0.717, 1.165) is 6.61 Å². The van der Waals surface area contributed by atoms with Gasteiger partial charge in [-0.05, 0) is 13.8 Å². The summed E-state index contributed by atoms with van der Waals surface area (Å²) in [4.78, 5) is 10.0. The SMILES string of the molecule is CCOCCOCCC(C)=C=O. The minimum absolute atomic E-state index is 0.578. The van der Waals surface area contributed by atoms with Gasteiger partial charge in [0.25, 0.3) is 0 Å². The molecule has 0 rings (SSSR count). The highest BCUT2D eigenvalue weighted by molar-refractivity contribution is 5.50. The Bertz CT molecular complexity index is 148. The number of ether oxygens (including phenoxy) is 2. The van der Waals surface area contributed by atoms with Crippen molar-refractivity contribution in [2.45, 2.75) is 20.3 Å². The van der Waals surface area contributed by atoms with Crippen LogP contribution in [0.3, 0.4) is 0 Å². The topological polar surface area (TPSA) is 35.5 Å². The van der Waals surface area contributed by atoms with Crippen LogP contribution in [0.5, 0.6) is 0 Å². The van der Waals surface area contributed by atoms with E-state index in [-0.39, 0.29) is 0 Å². The smallest absolute Gasteiger partial charge is 0.123 e. The molecule has 0 saturated carbocycles. The molecule has 3 heteroatoms. The second-order valence-electron chi connectivity index (χ2n) is 2.44. The van der Waals surface area contributed by atoms with Gasteiger partial charge in [-0.2, -0.15) is 0 Å². The summed E-state index contributed by atoms with van der Waals surface area (Å²) < 4.78 is 10.2. The first-order valence-corrected chi connectivity index (χ1v) is 4.17. The lowest BCUT2D eigenvalue weighted by atomic mass is 10.3. The Morgan fingerprint density at radius 1 is 1.25 bits per heavy atom. The van der Waals surface area contributed by atoms with Crippen molar-refractivity contribution in [2.24, 2.45) is 0 Å². The van der Waals surface area contributed by atoms with Crippen LogP contribution in [0, 0.1) is 0 Å². The predicted molar refractivity (Wildman–Crippen MR) is 46.8 cm³/mol. The molecule has 0 bridgehead atoms. The van der Waals surface area contributed by atoms with Gasteiger partial charge >= 0.3 is 0 Å². The van der Waals surface area contributed by atoms with Gasteiger partial charge in [-0.1, -0.05) is 0 Å². The molecule has 0 aromatic carbocycles.